The normalized spacial score (nSPS) is 17.1. The van der Waals surface area contributed by atoms with Crippen molar-refractivity contribution in [1.82, 2.24) is 15.0 Å². The highest BCUT2D eigenvalue weighted by Crippen LogP contribution is 2.30. The molecule has 1 aliphatic heterocycles. The first-order valence-electron chi connectivity index (χ1n) is 9.76. The molecule has 1 atom stereocenters. The van der Waals surface area contributed by atoms with Gasteiger partial charge in [0.25, 0.3) is 0 Å². The predicted octanol–water partition coefficient (Wildman–Crippen LogP) is 3.73. The topological polar surface area (TPSA) is 71.1 Å². The van der Waals surface area contributed by atoms with Crippen molar-refractivity contribution in [3.8, 4) is 0 Å². The van der Waals surface area contributed by atoms with E-state index in [1.165, 1.54) is 10.4 Å². The molecule has 0 spiro atoms. The first-order valence-corrected chi connectivity index (χ1v) is 12.6. The third kappa shape index (κ3) is 6.26. The fourth-order valence-electron chi connectivity index (χ4n) is 3.42. The van der Waals surface area contributed by atoms with Crippen molar-refractivity contribution in [2.45, 2.75) is 45.6 Å². The number of nitrogens with zero attached hydrogens (tertiary/aromatic N) is 1. The van der Waals surface area contributed by atoms with E-state index in [9.17, 15) is 8.42 Å². The van der Waals surface area contributed by atoms with Gasteiger partial charge in [-0.1, -0.05) is 37.6 Å². The second-order valence-corrected chi connectivity index (χ2v) is 11.1. The zero-order valence-corrected chi connectivity index (χ0v) is 18.8. The molecule has 0 amide bonds. The van der Waals surface area contributed by atoms with E-state index in [-0.39, 0.29) is 17.7 Å². The Hall–Kier alpha value is -0.990. The second kappa shape index (κ2) is 9.67. The number of benzene rings is 1. The van der Waals surface area contributed by atoms with Crippen LogP contribution in [0, 0.1) is 5.92 Å². The summed E-state index contributed by atoms with van der Waals surface area (Å²) in [6.07, 6.45) is 3.46. The van der Waals surface area contributed by atoms with Crippen molar-refractivity contribution in [1.29, 1.82) is 0 Å². The number of hydrogen-bond acceptors (Lipinski definition) is 5. The average Bonchev–Trinajstić information content (AvgIpc) is 3.04. The Balaban J connectivity index is 1.56. The number of thiazole rings is 1. The van der Waals surface area contributed by atoms with Crippen LogP contribution >= 0.6 is 22.9 Å². The zero-order valence-electron chi connectivity index (χ0n) is 16.4. The van der Waals surface area contributed by atoms with E-state index in [1.54, 1.807) is 11.3 Å². The molecule has 2 aromatic rings. The van der Waals surface area contributed by atoms with Gasteiger partial charge in [-0.3, -0.25) is 0 Å². The number of aromatic nitrogens is 1. The molecule has 1 aromatic carbocycles. The Morgan fingerprint density at radius 3 is 2.79 bits per heavy atom. The molecule has 0 bridgehead atoms. The predicted molar refractivity (Wildman–Crippen MR) is 117 cm³/mol. The Labute approximate surface area is 177 Å². The van der Waals surface area contributed by atoms with Crippen LogP contribution in [0.2, 0.25) is 5.02 Å². The largest absolute Gasteiger partial charge is 0.308 e. The molecule has 3 rings (SSSR count). The Bertz CT molecular complexity index is 879. The van der Waals surface area contributed by atoms with E-state index in [2.05, 4.69) is 22.2 Å². The summed E-state index contributed by atoms with van der Waals surface area (Å²) in [5, 5.41) is 5.42. The molecule has 2 N–H and O–H groups in total. The van der Waals surface area contributed by atoms with Crippen LogP contribution in [0.5, 0.6) is 0 Å². The van der Waals surface area contributed by atoms with Gasteiger partial charge in [0.15, 0.2) is 0 Å². The Morgan fingerprint density at radius 1 is 1.32 bits per heavy atom. The van der Waals surface area contributed by atoms with Gasteiger partial charge in [-0.2, -0.15) is 0 Å². The van der Waals surface area contributed by atoms with Crippen LogP contribution < -0.4 is 10.0 Å². The van der Waals surface area contributed by atoms with E-state index in [1.807, 2.05) is 26.0 Å². The molecule has 0 saturated heterocycles. The fraction of sp³-hybridized carbons (Fsp3) is 0.550. The van der Waals surface area contributed by atoms with E-state index in [0.29, 0.717) is 6.54 Å². The number of fused-ring (bicyclic) bond motifs is 1. The van der Waals surface area contributed by atoms with Crippen molar-refractivity contribution in [2.75, 3.05) is 18.8 Å². The van der Waals surface area contributed by atoms with Gasteiger partial charge in [0.05, 0.1) is 22.5 Å². The molecule has 1 unspecified atom stereocenters. The summed E-state index contributed by atoms with van der Waals surface area (Å²) < 4.78 is 26.5. The summed E-state index contributed by atoms with van der Waals surface area (Å²) in [6, 6.07) is 8.20. The maximum atomic E-state index is 11.9. The van der Waals surface area contributed by atoms with E-state index in [4.69, 9.17) is 16.6 Å². The van der Waals surface area contributed by atoms with Gasteiger partial charge in [0.2, 0.25) is 10.0 Å². The smallest absolute Gasteiger partial charge is 0.211 e. The van der Waals surface area contributed by atoms with Gasteiger partial charge in [-0.15, -0.1) is 11.3 Å². The van der Waals surface area contributed by atoms with Gasteiger partial charge in [0, 0.05) is 29.4 Å². The van der Waals surface area contributed by atoms with Gasteiger partial charge in [0.1, 0.15) is 0 Å². The number of nitrogens with one attached hydrogen (secondary N) is 2. The number of rotatable bonds is 9. The van der Waals surface area contributed by atoms with Crippen molar-refractivity contribution in [3.05, 3.63) is 50.4 Å². The molecule has 5 nitrogen and oxygen atoms in total. The number of aryl methyl sites for hydroxylation is 1. The first-order chi connectivity index (χ1) is 13.3. The lowest BCUT2D eigenvalue weighted by molar-refractivity contribution is 0.494. The molecular weight excluding hydrogens is 414 g/mol. The summed E-state index contributed by atoms with van der Waals surface area (Å²) in [6.45, 7) is 5.25. The lowest BCUT2D eigenvalue weighted by Gasteiger charge is -2.23. The summed E-state index contributed by atoms with van der Waals surface area (Å²) in [4.78, 5) is 6.24. The van der Waals surface area contributed by atoms with Gasteiger partial charge >= 0.3 is 0 Å². The Kier molecular flexibility index (Phi) is 7.50. The molecule has 28 heavy (non-hydrogen) atoms. The minimum Gasteiger partial charge on any atom is -0.308 e. The summed E-state index contributed by atoms with van der Waals surface area (Å²) in [5.74, 6) is 0.310. The molecule has 0 aliphatic carbocycles. The minimum atomic E-state index is -3.17. The highest BCUT2D eigenvalue weighted by atomic mass is 35.5. The van der Waals surface area contributed by atoms with Crippen LogP contribution in [0.15, 0.2) is 24.3 Å². The summed E-state index contributed by atoms with van der Waals surface area (Å²) in [5.41, 5.74) is 2.39. The zero-order chi connectivity index (χ0) is 20.1. The van der Waals surface area contributed by atoms with Crippen LogP contribution in [0.3, 0.4) is 0 Å². The highest BCUT2D eigenvalue weighted by Gasteiger charge is 2.24. The van der Waals surface area contributed by atoms with Crippen molar-refractivity contribution >= 4 is 33.0 Å². The third-order valence-electron chi connectivity index (χ3n) is 4.64. The van der Waals surface area contributed by atoms with E-state index >= 15 is 0 Å². The average molecular weight is 442 g/mol. The first kappa shape index (κ1) is 21.7. The molecule has 1 aliphatic rings. The van der Waals surface area contributed by atoms with Crippen LogP contribution in [0.1, 0.15) is 47.5 Å². The van der Waals surface area contributed by atoms with Crippen molar-refractivity contribution in [2.24, 2.45) is 5.92 Å². The van der Waals surface area contributed by atoms with Gasteiger partial charge in [-0.25, -0.2) is 18.1 Å². The summed E-state index contributed by atoms with van der Waals surface area (Å²) >= 11 is 7.75. The van der Waals surface area contributed by atoms with E-state index < -0.39 is 10.0 Å². The monoisotopic (exact) mass is 441 g/mol. The molecule has 0 fully saturated rings. The van der Waals surface area contributed by atoms with E-state index in [0.717, 1.165) is 48.0 Å². The third-order valence-corrected chi connectivity index (χ3v) is 7.83. The number of halogens is 1. The molecule has 0 saturated carbocycles. The molecule has 0 radical (unpaired) electrons. The number of hydrogen-bond donors (Lipinski definition) is 2. The molecule has 1 aromatic heterocycles. The fourth-order valence-corrected chi connectivity index (χ4v) is 6.17. The lowest BCUT2D eigenvalue weighted by atomic mass is 9.99. The standard InChI is InChI=1S/C20H28ClN3O2S2/c1-14(2)13-28(25,26)23-10-3-4-19-24-20-17(22-11-9-18(20)27-19)12-15-5-7-16(21)8-6-15/h5-8,14,17,22-23H,3-4,9-13H2,1-2H3. The maximum Gasteiger partial charge on any atom is 0.211 e. The maximum absolute atomic E-state index is 11.9. The SMILES string of the molecule is CC(C)CS(=O)(=O)NCCCc1nc2c(s1)CCNC2Cc1ccc(Cl)cc1. The van der Waals surface area contributed by atoms with Crippen molar-refractivity contribution < 1.29 is 8.42 Å². The van der Waals surface area contributed by atoms with Crippen LogP contribution in [-0.4, -0.2) is 32.2 Å². The van der Waals surface area contributed by atoms with Crippen molar-refractivity contribution in [3.63, 3.8) is 0 Å². The lowest BCUT2D eigenvalue weighted by Crippen LogP contribution is -2.30. The van der Waals surface area contributed by atoms with Gasteiger partial charge in [-0.05, 0) is 42.9 Å². The van der Waals surface area contributed by atoms with Crippen LogP contribution in [0.4, 0.5) is 0 Å². The molecule has 2 heterocycles. The molecule has 8 heteroatoms. The second-order valence-electron chi connectivity index (χ2n) is 7.68. The van der Waals surface area contributed by atoms with Crippen LogP contribution in [0.25, 0.3) is 0 Å². The van der Waals surface area contributed by atoms with Crippen LogP contribution in [-0.2, 0) is 29.3 Å². The highest BCUT2D eigenvalue weighted by molar-refractivity contribution is 7.89. The van der Waals surface area contributed by atoms with Gasteiger partial charge < -0.3 is 5.32 Å². The Morgan fingerprint density at radius 2 is 2.07 bits per heavy atom. The number of sulfonamides is 1. The molecular formula is C20H28ClN3O2S2. The minimum absolute atomic E-state index is 0.133. The molecule has 154 valence electrons. The quantitative estimate of drug-likeness (QED) is 0.581. The summed E-state index contributed by atoms with van der Waals surface area (Å²) in [7, 11) is -3.17.